The standard InChI is InChI=1S/C27H22ClF3N4O2/c1-15-19(28)8-5-9-20(15)34-25(37)35-22-14-16(10-11-21(22)33-24(35)26(2)12-13-26)32-23(36)17-6-3-4-7-18(17)27(29,30)31/h3-11,14H,12-13H2,1-2H3,(H,32,36)(H,34,37). The van der Waals surface area contributed by atoms with Crippen molar-refractivity contribution in [3.8, 4) is 0 Å². The summed E-state index contributed by atoms with van der Waals surface area (Å²) in [6, 6.07) is 14.0. The number of amides is 2. The highest BCUT2D eigenvalue weighted by molar-refractivity contribution is 6.31. The number of aromatic nitrogens is 2. The minimum atomic E-state index is -4.68. The van der Waals surface area contributed by atoms with Crippen LogP contribution in [0.2, 0.25) is 5.02 Å². The molecule has 1 fully saturated rings. The van der Waals surface area contributed by atoms with Gasteiger partial charge in [0.1, 0.15) is 5.82 Å². The number of anilines is 2. The molecule has 0 saturated heterocycles. The summed E-state index contributed by atoms with van der Waals surface area (Å²) in [6.45, 7) is 3.80. The highest BCUT2D eigenvalue weighted by Gasteiger charge is 2.44. The number of fused-ring (bicyclic) bond motifs is 1. The molecule has 5 rings (SSSR count). The molecule has 1 heterocycles. The summed E-state index contributed by atoms with van der Waals surface area (Å²) >= 11 is 6.21. The van der Waals surface area contributed by atoms with Gasteiger partial charge in [-0.1, -0.05) is 36.7 Å². The van der Waals surface area contributed by atoms with Gasteiger partial charge in [-0.2, -0.15) is 13.2 Å². The largest absolute Gasteiger partial charge is 0.417 e. The van der Waals surface area contributed by atoms with E-state index in [1.165, 1.54) is 22.8 Å². The number of carbonyl (C=O) groups excluding carboxylic acids is 2. The van der Waals surface area contributed by atoms with Crippen LogP contribution in [-0.2, 0) is 11.6 Å². The number of hydrogen-bond donors (Lipinski definition) is 2. The number of carbonyl (C=O) groups is 2. The maximum atomic E-state index is 13.5. The van der Waals surface area contributed by atoms with Gasteiger partial charge in [0.25, 0.3) is 5.91 Å². The van der Waals surface area contributed by atoms with Crippen LogP contribution in [0.4, 0.5) is 29.3 Å². The normalized spacial score (nSPS) is 14.4. The Bertz CT molecular complexity index is 1560. The van der Waals surface area contributed by atoms with Gasteiger partial charge in [0, 0.05) is 21.8 Å². The van der Waals surface area contributed by atoms with E-state index in [1.54, 1.807) is 37.3 Å². The molecule has 2 N–H and O–H groups in total. The Balaban J connectivity index is 1.53. The van der Waals surface area contributed by atoms with Crippen molar-refractivity contribution in [1.29, 1.82) is 0 Å². The van der Waals surface area contributed by atoms with E-state index in [1.807, 2.05) is 6.92 Å². The number of hydrogen-bond acceptors (Lipinski definition) is 3. The fraction of sp³-hybridized carbons (Fsp3) is 0.222. The number of benzene rings is 3. The van der Waals surface area contributed by atoms with Gasteiger partial charge in [-0.15, -0.1) is 0 Å². The fourth-order valence-corrected chi connectivity index (χ4v) is 4.39. The first kappa shape index (κ1) is 24.8. The lowest BCUT2D eigenvalue weighted by Gasteiger charge is -2.15. The summed E-state index contributed by atoms with van der Waals surface area (Å²) in [6.07, 6.45) is -2.96. The van der Waals surface area contributed by atoms with Gasteiger partial charge in [-0.05, 0) is 67.8 Å². The second-order valence-corrected chi connectivity index (χ2v) is 9.78. The predicted molar refractivity (Wildman–Crippen MR) is 136 cm³/mol. The molecular formula is C27H22ClF3N4O2. The molecule has 0 atom stereocenters. The first-order chi connectivity index (χ1) is 17.5. The molecule has 1 aliphatic carbocycles. The number of halogens is 4. The van der Waals surface area contributed by atoms with Gasteiger partial charge in [0.05, 0.1) is 22.2 Å². The Labute approximate surface area is 215 Å². The Kier molecular flexibility index (Phi) is 5.98. The minimum absolute atomic E-state index is 0.231. The van der Waals surface area contributed by atoms with E-state index >= 15 is 0 Å². The molecule has 0 bridgehead atoms. The summed E-state index contributed by atoms with van der Waals surface area (Å²) in [5.41, 5.74) is 0.612. The molecule has 1 aromatic heterocycles. The molecule has 3 aromatic carbocycles. The maximum absolute atomic E-state index is 13.5. The number of nitrogens with zero attached hydrogens (tertiary/aromatic N) is 2. The summed E-state index contributed by atoms with van der Waals surface area (Å²) in [7, 11) is 0. The second kappa shape index (κ2) is 8.92. The summed E-state index contributed by atoms with van der Waals surface area (Å²) in [5, 5.41) is 5.92. The second-order valence-electron chi connectivity index (χ2n) is 9.37. The van der Waals surface area contributed by atoms with E-state index in [-0.39, 0.29) is 11.1 Å². The Morgan fingerprint density at radius 2 is 1.76 bits per heavy atom. The van der Waals surface area contributed by atoms with Crippen LogP contribution in [0.5, 0.6) is 0 Å². The van der Waals surface area contributed by atoms with Crippen LogP contribution in [0, 0.1) is 6.92 Å². The van der Waals surface area contributed by atoms with Crippen molar-refractivity contribution in [2.45, 2.75) is 38.3 Å². The average molecular weight is 527 g/mol. The van der Waals surface area contributed by atoms with E-state index in [9.17, 15) is 22.8 Å². The van der Waals surface area contributed by atoms with Crippen molar-refractivity contribution in [3.63, 3.8) is 0 Å². The Morgan fingerprint density at radius 3 is 2.46 bits per heavy atom. The topological polar surface area (TPSA) is 76.0 Å². The zero-order chi connectivity index (χ0) is 26.5. The van der Waals surface area contributed by atoms with Crippen LogP contribution >= 0.6 is 11.6 Å². The Morgan fingerprint density at radius 1 is 1.03 bits per heavy atom. The van der Waals surface area contributed by atoms with Gasteiger partial charge in [-0.3, -0.25) is 4.79 Å². The molecule has 6 nitrogen and oxygen atoms in total. The molecule has 2 amide bonds. The molecule has 190 valence electrons. The zero-order valence-electron chi connectivity index (χ0n) is 19.9. The lowest BCUT2D eigenvalue weighted by Crippen LogP contribution is -2.25. The third-order valence-electron chi connectivity index (χ3n) is 6.64. The number of rotatable bonds is 4. The van der Waals surface area contributed by atoms with Gasteiger partial charge in [0.2, 0.25) is 0 Å². The van der Waals surface area contributed by atoms with E-state index in [0.717, 1.165) is 25.0 Å². The third kappa shape index (κ3) is 4.67. The van der Waals surface area contributed by atoms with Crippen LogP contribution < -0.4 is 10.6 Å². The van der Waals surface area contributed by atoms with Gasteiger partial charge < -0.3 is 10.6 Å². The molecule has 1 aliphatic rings. The first-order valence-corrected chi connectivity index (χ1v) is 11.9. The van der Waals surface area contributed by atoms with E-state index in [4.69, 9.17) is 11.6 Å². The first-order valence-electron chi connectivity index (χ1n) is 11.5. The molecule has 10 heteroatoms. The molecule has 0 unspecified atom stereocenters. The van der Waals surface area contributed by atoms with Crippen molar-refractivity contribution < 1.29 is 22.8 Å². The smallest absolute Gasteiger partial charge is 0.322 e. The van der Waals surface area contributed by atoms with Gasteiger partial charge in [-0.25, -0.2) is 14.3 Å². The number of nitrogens with one attached hydrogen (secondary N) is 2. The van der Waals surface area contributed by atoms with Crippen molar-refractivity contribution in [2.75, 3.05) is 10.6 Å². The molecule has 4 aromatic rings. The van der Waals surface area contributed by atoms with E-state index in [0.29, 0.717) is 33.1 Å². The van der Waals surface area contributed by atoms with Crippen molar-refractivity contribution in [2.24, 2.45) is 0 Å². The predicted octanol–water partition coefficient (Wildman–Crippen LogP) is 7.40. The van der Waals surface area contributed by atoms with Crippen molar-refractivity contribution >= 4 is 45.9 Å². The quantitative estimate of drug-likeness (QED) is 0.291. The van der Waals surface area contributed by atoms with Crippen LogP contribution in [0.3, 0.4) is 0 Å². The minimum Gasteiger partial charge on any atom is -0.322 e. The lowest BCUT2D eigenvalue weighted by atomic mass is 10.1. The summed E-state index contributed by atoms with van der Waals surface area (Å²) in [4.78, 5) is 31.0. The van der Waals surface area contributed by atoms with E-state index in [2.05, 4.69) is 15.6 Å². The molecule has 37 heavy (non-hydrogen) atoms. The van der Waals surface area contributed by atoms with Crippen LogP contribution in [-0.4, -0.2) is 21.5 Å². The summed E-state index contributed by atoms with van der Waals surface area (Å²) < 4.78 is 41.7. The average Bonchev–Trinajstić information content (AvgIpc) is 3.48. The van der Waals surface area contributed by atoms with Crippen LogP contribution in [0.25, 0.3) is 11.0 Å². The monoisotopic (exact) mass is 526 g/mol. The highest BCUT2D eigenvalue weighted by atomic mass is 35.5. The molecular weight excluding hydrogens is 505 g/mol. The van der Waals surface area contributed by atoms with Crippen molar-refractivity contribution in [3.05, 3.63) is 88.2 Å². The SMILES string of the molecule is Cc1c(Cl)cccc1NC(=O)n1c(C2(C)CC2)nc2ccc(NC(=O)c3ccccc3C(F)(F)F)cc21. The number of alkyl halides is 3. The Hall–Kier alpha value is -3.85. The molecule has 0 radical (unpaired) electrons. The maximum Gasteiger partial charge on any atom is 0.417 e. The van der Waals surface area contributed by atoms with Gasteiger partial charge >= 0.3 is 12.2 Å². The van der Waals surface area contributed by atoms with Crippen LogP contribution in [0.15, 0.2) is 60.7 Å². The third-order valence-corrected chi connectivity index (χ3v) is 7.05. The van der Waals surface area contributed by atoms with Crippen molar-refractivity contribution in [1.82, 2.24) is 9.55 Å². The van der Waals surface area contributed by atoms with E-state index < -0.39 is 29.2 Å². The lowest BCUT2D eigenvalue weighted by molar-refractivity contribution is -0.137. The van der Waals surface area contributed by atoms with Crippen LogP contribution in [0.1, 0.15) is 47.1 Å². The highest BCUT2D eigenvalue weighted by Crippen LogP contribution is 2.48. The number of imidazole rings is 1. The van der Waals surface area contributed by atoms with Gasteiger partial charge in [0.15, 0.2) is 0 Å². The molecule has 0 aliphatic heterocycles. The molecule has 1 saturated carbocycles. The summed E-state index contributed by atoms with van der Waals surface area (Å²) in [5.74, 6) is -0.336. The fourth-order valence-electron chi connectivity index (χ4n) is 4.22. The zero-order valence-corrected chi connectivity index (χ0v) is 20.7. The molecule has 0 spiro atoms.